The average molecular weight is 199 g/mol. The van der Waals surface area contributed by atoms with Crippen LogP contribution in [0.15, 0.2) is 33.9 Å². The molecule has 1 aromatic rings. The highest BCUT2D eigenvalue weighted by molar-refractivity contribution is 8.01. The first kappa shape index (κ1) is 9.84. The summed E-state index contributed by atoms with van der Waals surface area (Å²) in [7, 11) is 1.95. The van der Waals surface area contributed by atoms with E-state index >= 15 is 0 Å². The van der Waals surface area contributed by atoms with E-state index in [4.69, 9.17) is 0 Å². The Morgan fingerprint density at radius 3 is 3.17 bits per heavy atom. The maximum absolute atomic E-state index is 3.97. The third kappa shape index (κ3) is 3.43. The molecule has 0 fully saturated rings. The first-order chi connectivity index (χ1) is 5.83. The van der Waals surface area contributed by atoms with E-state index < -0.39 is 0 Å². The van der Waals surface area contributed by atoms with Crippen molar-refractivity contribution in [2.24, 2.45) is 0 Å². The Morgan fingerprint density at radius 1 is 1.75 bits per heavy atom. The molecule has 0 aromatic carbocycles. The predicted octanol–water partition coefficient (Wildman–Crippen LogP) is 2.62. The van der Waals surface area contributed by atoms with Crippen molar-refractivity contribution in [2.75, 3.05) is 19.3 Å². The Hall–Kier alpha value is -0.250. The summed E-state index contributed by atoms with van der Waals surface area (Å²) in [5.74, 6) is 1.02. The molecule has 0 spiro atoms. The summed E-state index contributed by atoms with van der Waals surface area (Å²) in [6.45, 7) is 4.88. The number of hydrogen-bond acceptors (Lipinski definition) is 3. The van der Waals surface area contributed by atoms with Gasteiger partial charge in [0.2, 0.25) is 0 Å². The molecule has 0 aliphatic carbocycles. The minimum Gasteiger partial charge on any atom is -0.316 e. The van der Waals surface area contributed by atoms with E-state index in [-0.39, 0.29) is 0 Å². The summed E-state index contributed by atoms with van der Waals surface area (Å²) in [4.78, 5) is 0. The van der Waals surface area contributed by atoms with Crippen molar-refractivity contribution in [3.05, 3.63) is 29.7 Å². The molecular weight excluding hydrogens is 186 g/mol. The van der Waals surface area contributed by atoms with E-state index in [0.29, 0.717) is 0 Å². The molecule has 1 heterocycles. The van der Waals surface area contributed by atoms with Crippen molar-refractivity contribution in [1.29, 1.82) is 0 Å². The van der Waals surface area contributed by atoms with Crippen molar-refractivity contribution in [3.63, 3.8) is 0 Å². The molecule has 66 valence electrons. The third-order valence-electron chi connectivity index (χ3n) is 1.34. The average Bonchev–Trinajstić information content (AvgIpc) is 2.53. The fourth-order valence-corrected chi connectivity index (χ4v) is 2.51. The lowest BCUT2D eigenvalue weighted by Crippen LogP contribution is -2.10. The van der Waals surface area contributed by atoms with Gasteiger partial charge in [0.1, 0.15) is 0 Å². The Kier molecular flexibility index (Phi) is 4.43. The van der Waals surface area contributed by atoms with Crippen LogP contribution in [-0.2, 0) is 0 Å². The van der Waals surface area contributed by atoms with Crippen molar-refractivity contribution >= 4 is 23.1 Å². The van der Waals surface area contributed by atoms with Gasteiger partial charge in [0.25, 0.3) is 0 Å². The van der Waals surface area contributed by atoms with E-state index in [1.807, 2.05) is 18.8 Å². The summed E-state index contributed by atoms with van der Waals surface area (Å²) in [5, 5.41) is 5.19. The number of thioether (sulfide) groups is 1. The predicted molar refractivity (Wildman–Crippen MR) is 58.1 cm³/mol. The van der Waals surface area contributed by atoms with Gasteiger partial charge in [-0.2, -0.15) is 0 Å². The Labute approximate surface area is 81.9 Å². The highest BCUT2D eigenvalue weighted by atomic mass is 32.2. The highest BCUT2D eigenvalue weighted by Crippen LogP contribution is 2.24. The van der Waals surface area contributed by atoms with Crippen LogP contribution in [0.4, 0.5) is 0 Å². The van der Waals surface area contributed by atoms with Crippen LogP contribution in [0.2, 0.25) is 0 Å². The summed E-state index contributed by atoms with van der Waals surface area (Å²) >= 11 is 3.64. The third-order valence-corrected chi connectivity index (χ3v) is 3.62. The van der Waals surface area contributed by atoms with Gasteiger partial charge in [0.05, 0.1) is 4.21 Å². The fourth-order valence-electron chi connectivity index (χ4n) is 0.820. The van der Waals surface area contributed by atoms with Gasteiger partial charge in [0.15, 0.2) is 0 Å². The zero-order chi connectivity index (χ0) is 8.81. The summed E-state index contributed by atoms with van der Waals surface area (Å²) in [6, 6.07) is 4.22. The lowest BCUT2D eigenvalue weighted by molar-refractivity contribution is 0.885. The first-order valence-corrected chi connectivity index (χ1v) is 5.67. The largest absolute Gasteiger partial charge is 0.316 e. The van der Waals surface area contributed by atoms with Crippen LogP contribution in [0.3, 0.4) is 0 Å². The van der Waals surface area contributed by atoms with Gasteiger partial charge in [-0.15, -0.1) is 23.1 Å². The smallest absolute Gasteiger partial charge is 0.0601 e. The van der Waals surface area contributed by atoms with Gasteiger partial charge in [-0.05, 0) is 18.5 Å². The van der Waals surface area contributed by atoms with Gasteiger partial charge >= 0.3 is 0 Å². The van der Waals surface area contributed by atoms with Gasteiger partial charge in [-0.1, -0.05) is 18.2 Å². The topological polar surface area (TPSA) is 12.0 Å². The lowest BCUT2D eigenvalue weighted by atomic mass is 10.3. The van der Waals surface area contributed by atoms with E-state index in [1.54, 1.807) is 11.3 Å². The number of hydrogen-bond donors (Lipinski definition) is 1. The normalized spacial score (nSPS) is 10.1. The summed E-state index contributed by atoms with van der Waals surface area (Å²) in [6.07, 6.45) is 0. The Morgan fingerprint density at radius 2 is 2.58 bits per heavy atom. The lowest BCUT2D eigenvalue weighted by Gasteiger charge is -2.02. The minimum absolute atomic E-state index is 0.915. The summed E-state index contributed by atoms with van der Waals surface area (Å²) in [5.41, 5.74) is 1.25. The molecule has 1 rings (SSSR count). The molecule has 0 aliphatic rings. The second-order valence-electron chi connectivity index (χ2n) is 2.50. The maximum atomic E-state index is 3.97. The highest BCUT2D eigenvalue weighted by Gasteiger charge is 1.96. The molecule has 0 amide bonds. The molecule has 0 saturated carbocycles. The number of nitrogens with one attached hydrogen (secondary N) is 1. The van der Waals surface area contributed by atoms with E-state index in [2.05, 4.69) is 29.4 Å². The van der Waals surface area contributed by atoms with Gasteiger partial charge in [-0.3, -0.25) is 0 Å². The van der Waals surface area contributed by atoms with Crippen LogP contribution >= 0.6 is 23.1 Å². The van der Waals surface area contributed by atoms with Crippen molar-refractivity contribution in [1.82, 2.24) is 5.32 Å². The van der Waals surface area contributed by atoms with Crippen molar-refractivity contribution in [3.8, 4) is 0 Å². The number of thiophene rings is 1. The first-order valence-electron chi connectivity index (χ1n) is 3.80. The van der Waals surface area contributed by atoms with Crippen molar-refractivity contribution < 1.29 is 0 Å². The summed E-state index contributed by atoms with van der Waals surface area (Å²) < 4.78 is 1.37. The van der Waals surface area contributed by atoms with E-state index in [9.17, 15) is 0 Å². The van der Waals surface area contributed by atoms with Gasteiger partial charge < -0.3 is 5.32 Å². The molecular formula is C9H13NS2. The zero-order valence-electron chi connectivity index (χ0n) is 7.17. The van der Waals surface area contributed by atoms with Crippen LogP contribution in [0.5, 0.6) is 0 Å². The van der Waals surface area contributed by atoms with Crippen LogP contribution in [0, 0.1) is 0 Å². The number of rotatable bonds is 5. The van der Waals surface area contributed by atoms with E-state index in [1.165, 1.54) is 9.78 Å². The monoisotopic (exact) mass is 199 g/mol. The molecule has 1 nitrogen and oxygen atoms in total. The second kappa shape index (κ2) is 5.41. The molecule has 0 atom stereocenters. The molecule has 1 aromatic heterocycles. The fraction of sp³-hybridized carbons (Fsp3) is 0.333. The minimum atomic E-state index is 0.915. The zero-order valence-corrected chi connectivity index (χ0v) is 8.80. The van der Waals surface area contributed by atoms with E-state index in [0.717, 1.165) is 12.3 Å². The quantitative estimate of drug-likeness (QED) is 0.578. The van der Waals surface area contributed by atoms with Crippen LogP contribution in [0.1, 0.15) is 0 Å². The standard InChI is InChI=1S/C9H13NS2/c1-8(6-10-2)7-12-9-4-3-5-11-9/h3-5,10H,1,6-7H2,2H3. The van der Waals surface area contributed by atoms with Crippen LogP contribution in [0.25, 0.3) is 0 Å². The Balaban J connectivity index is 2.22. The van der Waals surface area contributed by atoms with Crippen LogP contribution < -0.4 is 5.32 Å². The molecule has 0 saturated heterocycles. The molecule has 0 radical (unpaired) electrons. The molecule has 0 unspecified atom stereocenters. The van der Waals surface area contributed by atoms with Crippen LogP contribution in [-0.4, -0.2) is 19.3 Å². The second-order valence-corrected chi connectivity index (χ2v) is 4.72. The Bertz CT molecular complexity index is 229. The maximum Gasteiger partial charge on any atom is 0.0601 e. The molecule has 3 heteroatoms. The molecule has 1 N–H and O–H groups in total. The van der Waals surface area contributed by atoms with Gasteiger partial charge in [-0.25, -0.2) is 0 Å². The molecule has 12 heavy (non-hydrogen) atoms. The SMILES string of the molecule is C=C(CNC)CSc1cccs1. The number of likely N-dealkylation sites (N-methyl/N-ethyl adjacent to an activating group) is 1. The van der Waals surface area contributed by atoms with Gasteiger partial charge in [0, 0.05) is 12.3 Å². The van der Waals surface area contributed by atoms with Crippen molar-refractivity contribution in [2.45, 2.75) is 4.21 Å². The molecule has 0 aliphatic heterocycles. The molecule has 0 bridgehead atoms.